The number of amides is 1. The lowest BCUT2D eigenvalue weighted by molar-refractivity contribution is 0.0246. The Hall–Kier alpha value is -1.35. The molecule has 0 aromatic heterocycles. The van der Waals surface area contributed by atoms with E-state index in [0.29, 0.717) is 12.1 Å². The number of aryl methyl sites for hydroxylation is 2. The van der Waals surface area contributed by atoms with E-state index in [1.54, 1.807) is 0 Å². The number of hydrogen-bond donors (Lipinski definition) is 2. The third kappa shape index (κ3) is 3.83. The second-order valence-corrected chi connectivity index (χ2v) is 6.12. The van der Waals surface area contributed by atoms with Crippen molar-refractivity contribution in [1.82, 2.24) is 5.32 Å². The van der Waals surface area contributed by atoms with E-state index in [1.807, 2.05) is 32.0 Å². The molecule has 20 heavy (non-hydrogen) atoms. The third-order valence-corrected chi connectivity index (χ3v) is 4.38. The molecule has 1 aliphatic carbocycles. The Morgan fingerprint density at radius 2 is 1.80 bits per heavy atom. The van der Waals surface area contributed by atoms with Gasteiger partial charge in [-0.05, 0) is 49.9 Å². The maximum Gasteiger partial charge on any atom is 0.251 e. The van der Waals surface area contributed by atoms with Gasteiger partial charge in [0.2, 0.25) is 0 Å². The Bertz CT molecular complexity index is 474. The molecule has 0 unspecified atom stereocenters. The monoisotopic (exact) mass is 275 g/mol. The molecule has 0 radical (unpaired) electrons. The maximum atomic E-state index is 12.2. The van der Waals surface area contributed by atoms with Crippen LogP contribution in [0.1, 0.15) is 60.0 Å². The van der Waals surface area contributed by atoms with Crippen LogP contribution in [0.15, 0.2) is 18.2 Å². The molecule has 3 nitrogen and oxygen atoms in total. The Morgan fingerprint density at radius 3 is 2.40 bits per heavy atom. The minimum absolute atomic E-state index is 0.0919. The van der Waals surface area contributed by atoms with Crippen LogP contribution in [0.4, 0.5) is 0 Å². The van der Waals surface area contributed by atoms with Gasteiger partial charge in [0.1, 0.15) is 0 Å². The van der Waals surface area contributed by atoms with Crippen LogP contribution in [0.5, 0.6) is 0 Å². The summed E-state index contributed by atoms with van der Waals surface area (Å²) in [4.78, 5) is 12.2. The molecule has 0 atom stereocenters. The number of hydrogen-bond acceptors (Lipinski definition) is 2. The quantitative estimate of drug-likeness (QED) is 0.833. The first-order valence-corrected chi connectivity index (χ1v) is 7.58. The Morgan fingerprint density at radius 1 is 1.15 bits per heavy atom. The zero-order chi connectivity index (χ0) is 14.6. The molecule has 2 rings (SSSR count). The van der Waals surface area contributed by atoms with Gasteiger partial charge in [0, 0.05) is 12.1 Å². The van der Waals surface area contributed by atoms with Gasteiger partial charge in [-0.15, -0.1) is 0 Å². The van der Waals surface area contributed by atoms with Crippen molar-refractivity contribution in [1.29, 1.82) is 0 Å². The predicted octanol–water partition coefficient (Wildman–Crippen LogP) is 3.12. The molecule has 1 aromatic rings. The molecule has 2 N–H and O–H groups in total. The fourth-order valence-electron chi connectivity index (χ4n) is 2.79. The Balaban J connectivity index is 1.95. The summed E-state index contributed by atoms with van der Waals surface area (Å²) in [5.74, 6) is -0.0919. The van der Waals surface area contributed by atoms with Gasteiger partial charge < -0.3 is 10.4 Å². The molecule has 0 saturated heterocycles. The highest BCUT2D eigenvalue weighted by molar-refractivity contribution is 5.94. The second kappa shape index (κ2) is 6.40. The number of benzene rings is 1. The summed E-state index contributed by atoms with van der Waals surface area (Å²) in [6.07, 6.45) is 6.06. The first kappa shape index (κ1) is 15.0. The zero-order valence-corrected chi connectivity index (χ0v) is 12.5. The molecule has 1 saturated carbocycles. The van der Waals surface area contributed by atoms with Crippen LogP contribution in [0.2, 0.25) is 0 Å². The summed E-state index contributed by atoms with van der Waals surface area (Å²) >= 11 is 0. The number of carbonyl (C=O) groups is 1. The van der Waals surface area contributed by atoms with Crippen LogP contribution >= 0.6 is 0 Å². The molecule has 0 bridgehead atoms. The van der Waals surface area contributed by atoms with Crippen molar-refractivity contribution in [2.75, 3.05) is 6.54 Å². The number of rotatable bonds is 3. The van der Waals surface area contributed by atoms with Crippen molar-refractivity contribution in [3.8, 4) is 0 Å². The fourth-order valence-corrected chi connectivity index (χ4v) is 2.79. The van der Waals surface area contributed by atoms with E-state index in [1.165, 1.54) is 18.4 Å². The number of nitrogens with one attached hydrogen (secondary N) is 1. The number of carbonyl (C=O) groups excluding carboxylic acids is 1. The maximum absolute atomic E-state index is 12.2. The van der Waals surface area contributed by atoms with E-state index in [0.717, 1.165) is 31.2 Å². The highest BCUT2D eigenvalue weighted by atomic mass is 16.3. The van der Waals surface area contributed by atoms with E-state index in [-0.39, 0.29) is 5.91 Å². The first-order valence-electron chi connectivity index (χ1n) is 7.58. The normalized spacial score (nSPS) is 18.4. The van der Waals surface area contributed by atoms with Crippen LogP contribution in [-0.2, 0) is 0 Å². The van der Waals surface area contributed by atoms with Gasteiger partial charge in [0.25, 0.3) is 5.91 Å². The SMILES string of the molecule is Cc1ccc(C(=O)NCC2(O)CCCCCC2)cc1C. The molecule has 3 heteroatoms. The van der Waals surface area contributed by atoms with Gasteiger partial charge in [-0.2, -0.15) is 0 Å². The summed E-state index contributed by atoms with van der Waals surface area (Å²) in [5.41, 5.74) is 2.26. The average Bonchev–Trinajstić information content (AvgIpc) is 2.65. The van der Waals surface area contributed by atoms with Crippen molar-refractivity contribution in [2.45, 2.75) is 58.0 Å². The minimum Gasteiger partial charge on any atom is -0.388 e. The third-order valence-electron chi connectivity index (χ3n) is 4.38. The van der Waals surface area contributed by atoms with Gasteiger partial charge in [-0.3, -0.25) is 4.79 Å². The first-order chi connectivity index (χ1) is 9.50. The van der Waals surface area contributed by atoms with Crippen molar-refractivity contribution in [2.24, 2.45) is 0 Å². The average molecular weight is 275 g/mol. The zero-order valence-electron chi connectivity index (χ0n) is 12.5. The van der Waals surface area contributed by atoms with E-state index < -0.39 is 5.60 Å². The van der Waals surface area contributed by atoms with Gasteiger partial charge in [-0.25, -0.2) is 0 Å². The molecule has 1 aliphatic rings. The highest BCUT2D eigenvalue weighted by Crippen LogP contribution is 2.26. The van der Waals surface area contributed by atoms with Crippen LogP contribution in [0.3, 0.4) is 0 Å². The van der Waals surface area contributed by atoms with E-state index in [2.05, 4.69) is 5.32 Å². The molecular formula is C17H25NO2. The standard InChI is InChI=1S/C17H25NO2/c1-13-7-8-15(11-14(13)2)16(19)18-12-17(20)9-5-3-4-6-10-17/h7-8,11,20H,3-6,9-10,12H2,1-2H3,(H,18,19). The molecule has 110 valence electrons. The van der Waals surface area contributed by atoms with Crippen molar-refractivity contribution in [3.05, 3.63) is 34.9 Å². The van der Waals surface area contributed by atoms with Crippen molar-refractivity contribution in [3.63, 3.8) is 0 Å². The molecule has 1 aromatic carbocycles. The van der Waals surface area contributed by atoms with Gasteiger partial charge in [0.15, 0.2) is 0 Å². The van der Waals surface area contributed by atoms with E-state index in [4.69, 9.17) is 0 Å². The topological polar surface area (TPSA) is 49.3 Å². The summed E-state index contributed by atoms with van der Waals surface area (Å²) in [6, 6.07) is 5.71. The lowest BCUT2D eigenvalue weighted by Gasteiger charge is -2.26. The molecular weight excluding hydrogens is 250 g/mol. The Kier molecular flexibility index (Phi) is 4.81. The predicted molar refractivity (Wildman–Crippen MR) is 80.9 cm³/mol. The summed E-state index contributed by atoms with van der Waals surface area (Å²) < 4.78 is 0. The lowest BCUT2D eigenvalue weighted by atomic mass is 9.94. The van der Waals surface area contributed by atoms with Crippen molar-refractivity contribution < 1.29 is 9.90 Å². The minimum atomic E-state index is -0.716. The molecule has 0 spiro atoms. The summed E-state index contributed by atoms with van der Waals surface area (Å²) in [6.45, 7) is 4.40. The van der Waals surface area contributed by atoms with E-state index >= 15 is 0 Å². The van der Waals surface area contributed by atoms with Crippen LogP contribution in [-0.4, -0.2) is 23.2 Å². The molecule has 1 fully saturated rings. The van der Waals surface area contributed by atoms with E-state index in [9.17, 15) is 9.90 Å². The van der Waals surface area contributed by atoms with Crippen LogP contribution < -0.4 is 5.32 Å². The van der Waals surface area contributed by atoms with Gasteiger partial charge in [-0.1, -0.05) is 31.7 Å². The number of aliphatic hydroxyl groups is 1. The smallest absolute Gasteiger partial charge is 0.251 e. The van der Waals surface area contributed by atoms with Gasteiger partial charge >= 0.3 is 0 Å². The lowest BCUT2D eigenvalue weighted by Crippen LogP contribution is -2.42. The Labute approximate surface area is 121 Å². The summed E-state index contributed by atoms with van der Waals surface area (Å²) in [5, 5.41) is 13.4. The molecule has 1 amide bonds. The highest BCUT2D eigenvalue weighted by Gasteiger charge is 2.28. The van der Waals surface area contributed by atoms with Crippen molar-refractivity contribution >= 4 is 5.91 Å². The second-order valence-electron chi connectivity index (χ2n) is 6.12. The van der Waals surface area contributed by atoms with Gasteiger partial charge in [0.05, 0.1) is 5.60 Å². The van der Waals surface area contributed by atoms with Crippen LogP contribution in [0, 0.1) is 13.8 Å². The molecule has 0 aliphatic heterocycles. The fraction of sp³-hybridized carbons (Fsp3) is 0.588. The summed E-state index contributed by atoms with van der Waals surface area (Å²) in [7, 11) is 0. The molecule has 0 heterocycles. The van der Waals surface area contributed by atoms with Crippen LogP contribution in [0.25, 0.3) is 0 Å². The largest absolute Gasteiger partial charge is 0.388 e.